The van der Waals surface area contributed by atoms with Crippen molar-refractivity contribution in [3.05, 3.63) is 69.6 Å². The Balaban J connectivity index is 1.80. The van der Waals surface area contributed by atoms with Gasteiger partial charge in [-0.3, -0.25) is 14.4 Å². The number of nitrogens with one attached hydrogen (secondary N) is 2. The third-order valence-corrected chi connectivity index (χ3v) is 4.88. The highest BCUT2D eigenvalue weighted by atomic mass is 16.5. The third kappa shape index (κ3) is 4.86. The van der Waals surface area contributed by atoms with Crippen LogP contribution < -0.4 is 16.2 Å². The van der Waals surface area contributed by atoms with E-state index in [4.69, 9.17) is 4.74 Å². The van der Waals surface area contributed by atoms with Crippen molar-refractivity contribution in [2.45, 2.75) is 19.4 Å². The van der Waals surface area contributed by atoms with Gasteiger partial charge >= 0.3 is 0 Å². The standard InChI is InChI=1S/C21H25N3O4/c1-22-20(26)18-11-17(19(25)23-9-7-16-8-10-28-14-16)13-24(21(18)27)12-15-5-3-2-4-6-15/h2-6,11,13,16H,7-10,12,14H2,1H3,(H,22,26)(H,23,25). The minimum Gasteiger partial charge on any atom is -0.381 e. The first-order valence-corrected chi connectivity index (χ1v) is 9.45. The maximum absolute atomic E-state index is 12.7. The molecule has 1 aromatic heterocycles. The lowest BCUT2D eigenvalue weighted by Gasteiger charge is -2.13. The minimum absolute atomic E-state index is 0.0460. The number of benzene rings is 1. The molecule has 1 aliphatic rings. The first-order valence-electron chi connectivity index (χ1n) is 9.45. The van der Waals surface area contributed by atoms with Crippen molar-refractivity contribution in [1.82, 2.24) is 15.2 Å². The van der Waals surface area contributed by atoms with Gasteiger partial charge in [-0.2, -0.15) is 0 Å². The van der Waals surface area contributed by atoms with Crippen LogP contribution in [-0.4, -0.2) is 43.2 Å². The van der Waals surface area contributed by atoms with E-state index in [0.717, 1.165) is 31.6 Å². The second kappa shape index (κ2) is 9.32. The summed E-state index contributed by atoms with van der Waals surface area (Å²) < 4.78 is 6.75. The summed E-state index contributed by atoms with van der Waals surface area (Å²) in [7, 11) is 1.46. The molecular formula is C21H25N3O4. The van der Waals surface area contributed by atoms with Gasteiger partial charge in [0.05, 0.1) is 12.1 Å². The Morgan fingerprint density at radius 1 is 1.21 bits per heavy atom. The average Bonchev–Trinajstić information content (AvgIpc) is 3.23. The molecule has 148 valence electrons. The SMILES string of the molecule is CNC(=O)c1cc(C(=O)NCCC2CCOC2)cn(Cc2ccccc2)c1=O. The lowest BCUT2D eigenvalue weighted by Crippen LogP contribution is -2.34. The topological polar surface area (TPSA) is 89.4 Å². The Labute approximate surface area is 163 Å². The van der Waals surface area contributed by atoms with E-state index >= 15 is 0 Å². The molecule has 7 heteroatoms. The molecule has 1 aromatic carbocycles. The van der Waals surface area contributed by atoms with Crippen LogP contribution in [0.5, 0.6) is 0 Å². The zero-order valence-corrected chi connectivity index (χ0v) is 15.9. The summed E-state index contributed by atoms with van der Waals surface area (Å²) >= 11 is 0. The van der Waals surface area contributed by atoms with Crippen LogP contribution in [0.3, 0.4) is 0 Å². The zero-order chi connectivity index (χ0) is 19.9. The number of amides is 2. The van der Waals surface area contributed by atoms with Crippen molar-refractivity contribution in [1.29, 1.82) is 0 Å². The van der Waals surface area contributed by atoms with E-state index in [1.165, 1.54) is 23.9 Å². The summed E-state index contributed by atoms with van der Waals surface area (Å²) in [5.41, 5.74) is 0.723. The molecule has 2 heterocycles. The average molecular weight is 383 g/mol. The van der Waals surface area contributed by atoms with Crippen molar-refractivity contribution in [3.8, 4) is 0 Å². The van der Waals surface area contributed by atoms with Gasteiger partial charge in [0, 0.05) is 33.0 Å². The molecule has 0 radical (unpaired) electrons. The summed E-state index contributed by atoms with van der Waals surface area (Å²) in [5, 5.41) is 5.34. The molecule has 28 heavy (non-hydrogen) atoms. The Kier molecular flexibility index (Phi) is 6.60. The molecule has 0 bridgehead atoms. The van der Waals surface area contributed by atoms with Crippen molar-refractivity contribution in [3.63, 3.8) is 0 Å². The second-order valence-corrected chi connectivity index (χ2v) is 6.91. The highest BCUT2D eigenvalue weighted by Crippen LogP contribution is 2.15. The molecule has 7 nitrogen and oxygen atoms in total. The number of aromatic nitrogens is 1. The molecule has 1 atom stereocenters. The van der Waals surface area contributed by atoms with Crippen LogP contribution in [0, 0.1) is 5.92 Å². The highest BCUT2D eigenvalue weighted by molar-refractivity contribution is 5.99. The van der Waals surface area contributed by atoms with E-state index in [-0.39, 0.29) is 23.6 Å². The normalized spacial score (nSPS) is 16.0. The molecule has 1 unspecified atom stereocenters. The van der Waals surface area contributed by atoms with E-state index in [2.05, 4.69) is 10.6 Å². The van der Waals surface area contributed by atoms with E-state index in [1.54, 1.807) is 0 Å². The monoisotopic (exact) mass is 383 g/mol. The van der Waals surface area contributed by atoms with Crippen LogP contribution >= 0.6 is 0 Å². The number of carbonyl (C=O) groups is 2. The molecule has 2 amide bonds. The molecular weight excluding hydrogens is 358 g/mol. The van der Waals surface area contributed by atoms with Crippen molar-refractivity contribution in [2.75, 3.05) is 26.8 Å². The predicted octanol–water partition coefficient (Wildman–Crippen LogP) is 1.41. The fourth-order valence-corrected chi connectivity index (χ4v) is 3.26. The molecule has 1 aliphatic heterocycles. The number of rotatable bonds is 7. The lowest BCUT2D eigenvalue weighted by atomic mass is 10.1. The van der Waals surface area contributed by atoms with Crippen LogP contribution in [0.2, 0.25) is 0 Å². The maximum Gasteiger partial charge on any atom is 0.263 e. The first kappa shape index (κ1) is 19.8. The van der Waals surface area contributed by atoms with Gasteiger partial charge in [0.25, 0.3) is 17.4 Å². The largest absolute Gasteiger partial charge is 0.381 e. The zero-order valence-electron chi connectivity index (χ0n) is 15.9. The third-order valence-electron chi connectivity index (χ3n) is 4.88. The predicted molar refractivity (Wildman–Crippen MR) is 106 cm³/mol. The Hall–Kier alpha value is -2.93. The summed E-state index contributed by atoms with van der Waals surface area (Å²) in [6.45, 7) is 2.32. The quantitative estimate of drug-likeness (QED) is 0.757. The summed E-state index contributed by atoms with van der Waals surface area (Å²) in [6, 6.07) is 10.8. The summed E-state index contributed by atoms with van der Waals surface area (Å²) in [5.74, 6) is -0.343. The summed E-state index contributed by atoms with van der Waals surface area (Å²) in [4.78, 5) is 37.4. The lowest BCUT2D eigenvalue weighted by molar-refractivity contribution is 0.0949. The smallest absolute Gasteiger partial charge is 0.263 e. The number of hydrogen-bond acceptors (Lipinski definition) is 4. The van der Waals surface area contributed by atoms with E-state index in [1.807, 2.05) is 30.3 Å². The molecule has 3 rings (SSSR count). The molecule has 0 aliphatic carbocycles. The highest BCUT2D eigenvalue weighted by Gasteiger charge is 2.18. The van der Waals surface area contributed by atoms with Crippen LogP contribution in [0.25, 0.3) is 0 Å². The number of ether oxygens (including phenoxy) is 1. The number of carbonyl (C=O) groups excluding carboxylic acids is 2. The van der Waals surface area contributed by atoms with Crippen LogP contribution in [-0.2, 0) is 11.3 Å². The van der Waals surface area contributed by atoms with Crippen LogP contribution in [0.15, 0.2) is 47.4 Å². The fourth-order valence-electron chi connectivity index (χ4n) is 3.26. The van der Waals surface area contributed by atoms with Gasteiger partial charge in [-0.15, -0.1) is 0 Å². The maximum atomic E-state index is 12.7. The Morgan fingerprint density at radius 2 is 2.00 bits per heavy atom. The van der Waals surface area contributed by atoms with Gasteiger partial charge in [-0.25, -0.2) is 0 Å². The number of pyridine rings is 1. The molecule has 2 aromatic rings. The van der Waals surface area contributed by atoms with Gasteiger partial charge in [0.1, 0.15) is 5.56 Å². The molecule has 1 fully saturated rings. The van der Waals surface area contributed by atoms with Crippen molar-refractivity contribution >= 4 is 11.8 Å². The van der Waals surface area contributed by atoms with E-state index in [9.17, 15) is 14.4 Å². The molecule has 2 N–H and O–H groups in total. The fraction of sp³-hybridized carbons (Fsp3) is 0.381. The van der Waals surface area contributed by atoms with Gasteiger partial charge < -0.3 is 19.9 Å². The second-order valence-electron chi connectivity index (χ2n) is 6.91. The van der Waals surface area contributed by atoms with Crippen LogP contribution in [0.4, 0.5) is 0 Å². The Bertz CT molecular complexity index is 886. The summed E-state index contributed by atoms with van der Waals surface area (Å²) in [6.07, 6.45) is 3.37. The minimum atomic E-state index is -0.510. The first-order chi connectivity index (χ1) is 13.6. The number of nitrogens with zero attached hydrogens (tertiary/aromatic N) is 1. The molecule has 0 spiro atoms. The van der Waals surface area contributed by atoms with E-state index < -0.39 is 11.5 Å². The van der Waals surface area contributed by atoms with Crippen LogP contribution in [0.1, 0.15) is 39.1 Å². The van der Waals surface area contributed by atoms with Gasteiger partial charge in [-0.05, 0) is 30.4 Å². The van der Waals surface area contributed by atoms with Gasteiger partial charge in [-0.1, -0.05) is 30.3 Å². The molecule has 1 saturated heterocycles. The van der Waals surface area contributed by atoms with E-state index in [0.29, 0.717) is 12.5 Å². The van der Waals surface area contributed by atoms with Gasteiger partial charge in [0.15, 0.2) is 0 Å². The Morgan fingerprint density at radius 3 is 2.68 bits per heavy atom. The number of hydrogen-bond donors (Lipinski definition) is 2. The van der Waals surface area contributed by atoms with Crippen molar-refractivity contribution in [2.24, 2.45) is 5.92 Å². The molecule has 0 saturated carbocycles. The van der Waals surface area contributed by atoms with Gasteiger partial charge in [0.2, 0.25) is 0 Å². The van der Waals surface area contributed by atoms with Crippen molar-refractivity contribution < 1.29 is 14.3 Å².